The predicted octanol–water partition coefficient (Wildman–Crippen LogP) is 4.21. The molecule has 0 bridgehead atoms. The summed E-state index contributed by atoms with van der Waals surface area (Å²) in [4.78, 5) is 16.9. The number of benzene rings is 2. The molecule has 0 aliphatic rings. The SMILES string of the molecule is CCCNC(=O)C(C)Sc1nnc(-c2ccccc2)c(-c2ccccc2)n1. The van der Waals surface area contributed by atoms with Crippen LogP contribution in [-0.4, -0.2) is 32.9 Å². The Bertz CT molecular complexity index is 887. The quantitative estimate of drug-likeness (QED) is 0.624. The van der Waals surface area contributed by atoms with Gasteiger partial charge in [0, 0.05) is 17.7 Å². The minimum Gasteiger partial charge on any atom is -0.355 e. The zero-order valence-corrected chi connectivity index (χ0v) is 16.2. The van der Waals surface area contributed by atoms with Crippen molar-refractivity contribution in [2.75, 3.05) is 6.54 Å². The van der Waals surface area contributed by atoms with Crippen LogP contribution in [0.25, 0.3) is 22.5 Å². The Labute approximate surface area is 163 Å². The van der Waals surface area contributed by atoms with Crippen LogP contribution in [0.3, 0.4) is 0 Å². The number of thioether (sulfide) groups is 1. The fraction of sp³-hybridized carbons (Fsp3) is 0.238. The van der Waals surface area contributed by atoms with E-state index in [1.54, 1.807) is 0 Å². The normalized spacial score (nSPS) is 11.8. The van der Waals surface area contributed by atoms with Gasteiger partial charge in [-0.05, 0) is 13.3 Å². The minimum absolute atomic E-state index is 0.0150. The van der Waals surface area contributed by atoms with Gasteiger partial charge in [-0.1, -0.05) is 79.3 Å². The van der Waals surface area contributed by atoms with Crippen molar-refractivity contribution in [1.82, 2.24) is 20.5 Å². The number of carbonyl (C=O) groups excluding carboxylic acids is 1. The highest BCUT2D eigenvalue weighted by Gasteiger charge is 2.18. The van der Waals surface area contributed by atoms with Crippen molar-refractivity contribution < 1.29 is 4.79 Å². The summed E-state index contributed by atoms with van der Waals surface area (Å²) in [6.07, 6.45) is 0.908. The van der Waals surface area contributed by atoms with Crippen LogP contribution in [0, 0.1) is 0 Å². The van der Waals surface area contributed by atoms with Crippen molar-refractivity contribution in [2.24, 2.45) is 0 Å². The highest BCUT2D eigenvalue weighted by Crippen LogP contribution is 2.30. The first-order valence-corrected chi connectivity index (χ1v) is 9.87. The molecule has 0 saturated carbocycles. The zero-order valence-electron chi connectivity index (χ0n) is 15.4. The van der Waals surface area contributed by atoms with Gasteiger partial charge in [0.2, 0.25) is 11.1 Å². The molecule has 138 valence electrons. The fourth-order valence-electron chi connectivity index (χ4n) is 2.55. The topological polar surface area (TPSA) is 67.8 Å². The smallest absolute Gasteiger partial charge is 0.233 e. The Kier molecular flexibility index (Phi) is 6.54. The molecule has 5 nitrogen and oxygen atoms in total. The number of carbonyl (C=O) groups is 1. The minimum atomic E-state index is -0.287. The lowest BCUT2D eigenvalue weighted by molar-refractivity contribution is -0.120. The van der Waals surface area contributed by atoms with E-state index in [0.717, 1.165) is 28.9 Å². The van der Waals surface area contributed by atoms with Crippen molar-refractivity contribution in [3.63, 3.8) is 0 Å². The number of aromatic nitrogens is 3. The van der Waals surface area contributed by atoms with Crippen molar-refractivity contribution >= 4 is 17.7 Å². The predicted molar refractivity (Wildman–Crippen MR) is 109 cm³/mol. The summed E-state index contributed by atoms with van der Waals surface area (Å²) >= 11 is 1.32. The number of hydrogen-bond acceptors (Lipinski definition) is 5. The molecular formula is C21H22N4OS. The second-order valence-electron chi connectivity index (χ2n) is 6.07. The standard InChI is InChI=1S/C21H22N4OS/c1-3-14-22-20(26)15(2)27-21-23-18(16-10-6-4-7-11-16)19(24-25-21)17-12-8-5-9-13-17/h4-13,15H,3,14H2,1-2H3,(H,22,26). The van der Waals surface area contributed by atoms with Crippen LogP contribution in [0.2, 0.25) is 0 Å². The Morgan fingerprint density at radius 1 is 0.963 bits per heavy atom. The molecule has 0 aliphatic heterocycles. The van der Waals surface area contributed by atoms with Crippen LogP contribution >= 0.6 is 11.8 Å². The van der Waals surface area contributed by atoms with Crippen molar-refractivity contribution in [3.8, 4) is 22.5 Å². The van der Waals surface area contributed by atoms with Crippen molar-refractivity contribution in [1.29, 1.82) is 0 Å². The highest BCUT2D eigenvalue weighted by molar-refractivity contribution is 8.00. The molecule has 27 heavy (non-hydrogen) atoms. The molecule has 1 unspecified atom stereocenters. The van der Waals surface area contributed by atoms with Crippen molar-refractivity contribution in [2.45, 2.75) is 30.7 Å². The summed E-state index contributed by atoms with van der Waals surface area (Å²) in [6, 6.07) is 19.8. The van der Waals surface area contributed by atoms with Crippen LogP contribution in [0.15, 0.2) is 65.8 Å². The molecule has 0 saturated heterocycles. The molecule has 2 aromatic carbocycles. The van der Waals surface area contributed by atoms with E-state index in [-0.39, 0.29) is 11.2 Å². The molecule has 0 spiro atoms. The van der Waals surface area contributed by atoms with Crippen LogP contribution in [-0.2, 0) is 4.79 Å². The van der Waals surface area contributed by atoms with E-state index in [0.29, 0.717) is 11.7 Å². The molecule has 3 rings (SSSR count). The molecule has 0 radical (unpaired) electrons. The summed E-state index contributed by atoms with van der Waals surface area (Å²) in [7, 11) is 0. The summed E-state index contributed by atoms with van der Waals surface area (Å²) in [6.45, 7) is 4.55. The van der Waals surface area contributed by atoms with Crippen LogP contribution in [0.5, 0.6) is 0 Å². The van der Waals surface area contributed by atoms with E-state index >= 15 is 0 Å². The Morgan fingerprint density at radius 3 is 2.15 bits per heavy atom. The molecule has 0 aliphatic carbocycles. The van der Waals surface area contributed by atoms with E-state index in [9.17, 15) is 4.79 Å². The average Bonchev–Trinajstić information content (AvgIpc) is 2.73. The molecule has 0 fully saturated rings. The zero-order chi connectivity index (χ0) is 19.1. The van der Waals surface area contributed by atoms with Gasteiger partial charge in [0.15, 0.2) is 0 Å². The average molecular weight is 379 g/mol. The molecule has 1 N–H and O–H groups in total. The largest absolute Gasteiger partial charge is 0.355 e. The molecule has 1 amide bonds. The Hall–Kier alpha value is -2.73. The molecule has 1 atom stereocenters. The van der Waals surface area contributed by atoms with E-state index in [2.05, 4.69) is 15.5 Å². The van der Waals surface area contributed by atoms with Gasteiger partial charge in [0.1, 0.15) is 11.4 Å². The number of rotatable bonds is 7. The molecule has 6 heteroatoms. The highest BCUT2D eigenvalue weighted by atomic mass is 32.2. The monoisotopic (exact) mass is 378 g/mol. The molecular weight excluding hydrogens is 356 g/mol. The second kappa shape index (κ2) is 9.28. The summed E-state index contributed by atoms with van der Waals surface area (Å²) in [5, 5.41) is 11.8. The lowest BCUT2D eigenvalue weighted by atomic mass is 10.0. The van der Waals surface area contributed by atoms with Gasteiger partial charge in [-0.2, -0.15) is 0 Å². The third kappa shape index (κ3) is 4.92. The van der Waals surface area contributed by atoms with E-state index in [4.69, 9.17) is 4.98 Å². The maximum Gasteiger partial charge on any atom is 0.233 e. The molecule has 1 aromatic heterocycles. The summed E-state index contributed by atoms with van der Waals surface area (Å²) in [5.74, 6) is -0.0150. The van der Waals surface area contributed by atoms with Gasteiger partial charge in [-0.25, -0.2) is 4.98 Å². The molecule has 3 aromatic rings. The van der Waals surface area contributed by atoms with Crippen LogP contribution in [0.4, 0.5) is 0 Å². The first-order chi connectivity index (χ1) is 13.2. The Morgan fingerprint density at radius 2 is 1.56 bits per heavy atom. The third-order valence-electron chi connectivity index (χ3n) is 3.96. The number of nitrogens with zero attached hydrogens (tertiary/aromatic N) is 3. The first kappa shape index (κ1) is 19.0. The van der Waals surface area contributed by atoms with Gasteiger partial charge < -0.3 is 5.32 Å². The van der Waals surface area contributed by atoms with Gasteiger partial charge in [0.05, 0.1) is 5.25 Å². The summed E-state index contributed by atoms with van der Waals surface area (Å²) < 4.78 is 0. The Balaban J connectivity index is 1.93. The lowest BCUT2D eigenvalue weighted by Gasteiger charge is -2.12. The van der Waals surface area contributed by atoms with Gasteiger partial charge in [0.25, 0.3) is 0 Å². The van der Waals surface area contributed by atoms with E-state index in [1.165, 1.54) is 11.8 Å². The second-order valence-corrected chi connectivity index (χ2v) is 7.38. The van der Waals surface area contributed by atoms with Gasteiger partial charge in [-0.15, -0.1) is 10.2 Å². The first-order valence-electron chi connectivity index (χ1n) is 8.99. The molecule has 1 heterocycles. The van der Waals surface area contributed by atoms with Gasteiger partial charge >= 0.3 is 0 Å². The summed E-state index contributed by atoms with van der Waals surface area (Å²) in [5.41, 5.74) is 3.42. The number of hydrogen-bond donors (Lipinski definition) is 1. The lowest BCUT2D eigenvalue weighted by Crippen LogP contribution is -2.31. The fourth-order valence-corrected chi connectivity index (χ4v) is 3.29. The number of amides is 1. The maximum atomic E-state index is 12.1. The maximum absolute atomic E-state index is 12.1. The third-order valence-corrected chi connectivity index (χ3v) is 4.91. The van der Waals surface area contributed by atoms with E-state index in [1.807, 2.05) is 74.5 Å². The van der Waals surface area contributed by atoms with Crippen LogP contribution in [0.1, 0.15) is 20.3 Å². The van der Waals surface area contributed by atoms with Gasteiger partial charge in [-0.3, -0.25) is 4.79 Å². The van der Waals surface area contributed by atoms with Crippen LogP contribution < -0.4 is 5.32 Å². The number of nitrogens with one attached hydrogen (secondary N) is 1. The van der Waals surface area contributed by atoms with Crippen molar-refractivity contribution in [3.05, 3.63) is 60.7 Å². The van der Waals surface area contributed by atoms with E-state index < -0.39 is 0 Å².